The van der Waals surface area contributed by atoms with Crippen LogP contribution < -0.4 is 10.1 Å². The first-order chi connectivity index (χ1) is 8.17. The van der Waals surface area contributed by atoms with Crippen molar-refractivity contribution in [2.24, 2.45) is 5.92 Å². The molecule has 2 unspecified atom stereocenters. The monoisotopic (exact) mass is 233 g/mol. The molecule has 2 heteroatoms. The number of aryl methyl sites for hydroxylation is 2. The molecule has 0 heterocycles. The molecule has 0 aromatic heterocycles. The summed E-state index contributed by atoms with van der Waals surface area (Å²) in [5, 5.41) is 3.30. The summed E-state index contributed by atoms with van der Waals surface area (Å²) >= 11 is 0. The van der Waals surface area contributed by atoms with Crippen LogP contribution in [0.3, 0.4) is 0 Å². The minimum absolute atomic E-state index is 0.679. The van der Waals surface area contributed by atoms with Gasteiger partial charge in [-0.1, -0.05) is 6.07 Å². The molecule has 0 saturated heterocycles. The standard InChI is InChI=1S/C15H23NO/c1-10-7-11(2)15(14(8-10)17-4)13-6-5-12(13)9-16-3/h7-8,12-13,16H,5-6,9H2,1-4H3. The Bertz CT molecular complexity index is 400. The van der Waals surface area contributed by atoms with Gasteiger partial charge in [-0.2, -0.15) is 0 Å². The molecule has 0 radical (unpaired) electrons. The molecule has 1 aliphatic rings. The van der Waals surface area contributed by atoms with E-state index in [1.165, 1.54) is 29.5 Å². The highest BCUT2D eigenvalue weighted by Gasteiger charge is 2.34. The lowest BCUT2D eigenvalue weighted by Crippen LogP contribution is -2.32. The zero-order valence-corrected chi connectivity index (χ0v) is 11.3. The van der Waals surface area contributed by atoms with Gasteiger partial charge in [0.15, 0.2) is 0 Å². The smallest absolute Gasteiger partial charge is 0.122 e. The summed E-state index contributed by atoms with van der Waals surface area (Å²) in [6.45, 7) is 5.45. The van der Waals surface area contributed by atoms with Crippen molar-refractivity contribution >= 4 is 0 Å². The van der Waals surface area contributed by atoms with E-state index in [0.29, 0.717) is 5.92 Å². The number of nitrogens with one attached hydrogen (secondary N) is 1. The van der Waals surface area contributed by atoms with Gasteiger partial charge >= 0.3 is 0 Å². The van der Waals surface area contributed by atoms with Gasteiger partial charge in [0.25, 0.3) is 0 Å². The molecular weight excluding hydrogens is 210 g/mol. The van der Waals surface area contributed by atoms with Crippen LogP contribution in [0.5, 0.6) is 5.75 Å². The highest BCUT2D eigenvalue weighted by molar-refractivity contribution is 5.46. The fourth-order valence-electron chi connectivity index (χ4n) is 3.04. The van der Waals surface area contributed by atoms with Crippen molar-refractivity contribution in [3.05, 3.63) is 28.8 Å². The maximum absolute atomic E-state index is 5.57. The van der Waals surface area contributed by atoms with Crippen molar-refractivity contribution in [2.75, 3.05) is 20.7 Å². The van der Waals surface area contributed by atoms with Crippen molar-refractivity contribution in [3.8, 4) is 5.75 Å². The van der Waals surface area contributed by atoms with Crippen molar-refractivity contribution in [1.29, 1.82) is 0 Å². The summed E-state index contributed by atoms with van der Waals surface area (Å²) in [7, 11) is 3.82. The van der Waals surface area contributed by atoms with E-state index in [9.17, 15) is 0 Å². The molecule has 94 valence electrons. The number of benzene rings is 1. The zero-order valence-electron chi connectivity index (χ0n) is 11.3. The average Bonchev–Trinajstić information content (AvgIpc) is 2.27. The molecule has 2 nitrogen and oxygen atoms in total. The Hall–Kier alpha value is -1.02. The van der Waals surface area contributed by atoms with Crippen molar-refractivity contribution in [3.63, 3.8) is 0 Å². The van der Waals surface area contributed by atoms with Crippen LogP contribution in [0.4, 0.5) is 0 Å². The summed E-state index contributed by atoms with van der Waals surface area (Å²) in [6, 6.07) is 4.43. The summed E-state index contributed by atoms with van der Waals surface area (Å²) in [6.07, 6.45) is 2.63. The predicted octanol–water partition coefficient (Wildman–Crippen LogP) is 3.03. The van der Waals surface area contributed by atoms with E-state index in [-0.39, 0.29) is 0 Å². The second-order valence-corrected chi connectivity index (χ2v) is 5.20. The predicted molar refractivity (Wildman–Crippen MR) is 71.9 cm³/mol. The number of methoxy groups -OCH3 is 1. The fraction of sp³-hybridized carbons (Fsp3) is 0.600. The topological polar surface area (TPSA) is 21.3 Å². The van der Waals surface area contributed by atoms with Crippen LogP contribution in [-0.4, -0.2) is 20.7 Å². The summed E-state index contributed by atoms with van der Waals surface area (Å²) < 4.78 is 5.57. The summed E-state index contributed by atoms with van der Waals surface area (Å²) in [5.74, 6) is 2.53. The van der Waals surface area contributed by atoms with E-state index in [1.807, 2.05) is 7.05 Å². The maximum Gasteiger partial charge on any atom is 0.122 e. The van der Waals surface area contributed by atoms with Gasteiger partial charge in [-0.25, -0.2) is 0 Å². The van der Waals surface area contributed by atoms with Crippen molar-refractivity contribution in [1.82, 2.24) is 5.32 Å². The Labute approximate surface area is 104 Å². The van der Waals surface area contributed by atoms with Crippen LogP contribution >= 0.6 is 0 Å². The van der Waals surface area contributed by atoms with Gasteiger partial charge in [-0.3, -0.25) is 0 Å². The van der Waals surface area contributed by atoms with Gasteiger partial charge in [-0.15, -0.1) is 0 Å². The third kappa shape index (κ3) is 2.32. The van der Waals surface area contributed by atoms with Gasteiger partial charge in [0.2, 0.25) is 0 Å². The number of hydrogen-bond donors (Lipinski definition) is 1. The normalized spacial score (nSPS) is 23.3. The molecule has 0 spiro atoms. The first-order valence-electron chi connectivity index (χ1n) is 6.47. The first-order valence-corrected chi connectivity index (χ1v) is 6.47. The lowest BCUT2D eigenvalue weighted by molar-refractivity contribution is 0.243. The molecule has 2 atom stereocenters. The van der Waals surface area contributed by atoms with Gasteiger partial charge in [0, 0.05) is 5.56 Å². The molecule has 1 N–H and O–H groups in total. The van der Waals surface area contributed by atoms with E-state index < -0.39 is 0 Å². The van der Waals surface area contributed by atoms with E-state index in [1.54, 1.807) is 7.11 Å². The zero-order chi connectivity index (χ0) is 12.4. The third-order valence-corrected chi connectivity index (χ3v) is 3.97. The quantitative estimate of drug-likeness (QED) is 0.863. The van der Waals surface area contributed by atoms with Crippen LogP contribution in [0.25, 0.3) is 0 Å². The number of ether oxygens (including phenoxy) is 1. The van der Waals surface area contributed by atoms with Gasteiger partial charge in [0.05, 0.1) is 7.11 Å². The Balaban J connectivity index is 2.31. The Morgan fingerprint density at radius 1 is 1.29 bits per heavy atom. The van der Waals surface area contributed by atoms with E-state index in [0.717, 1.165) is 18.2 Å². The molecule has 1 aliphatic carbocycles. The second-order valence-electron chi connectivity index (χ2n) is 5.20. The first kappa shape index (κ1) is 12.4. The molecule has 0 bridgehead atoms. The molecule has 1 aromatic carbocycles. The van der Waals surface area contributed by atoms with E-state index in [2.05, 4.69) is 31.3 Å². The van der Waals surface area contributed by atoms with Crippen LogP contribution in [-0.2, 0) is 0 Å². The Morgan fingerprint density at radius 3 is 2.59 bits per heavy atom. The molecule has 1 saturated carbocycles. The lowest BCUT2D eigenvalue weighted by Gasteiger charge is -2.38. The average molecular weight is 233 g/mol. The summed E-state index contributed by atoms with van der Waals surface area (Å²) in [5.41, 5.74) is 4.10. The molecular formula is C15H23NO. The number of rotatable bonds is 4. The van der Waals surface area contributed by atoms with Gasteiger partial charge in [0.1, 0.15) is 5.75 Å². The van der Waals surface area contributed by atoms with Crippen LogP contribution in [0.2, 0.25) is 0 Å². The van der Waals surface area contributed by atoms with E-state index in [4.69, 9.17) is 4.74 Å². The second kappa shape index (κ2) is 5.09. The Morgan fingerprint density at radius 2 is 2.06 bits per heavy atom. The SMILES string of the molecule is CNCC1CCC1c1c(C)cc(C)cc1OC. The fourth-order valence-corrected chi connectivity index (χ4v) is 3.04. The lowest BCUT2D eigenvalue weighted by atomic mass is 9.68. The van der Waals surface area contributed by atoms with Crippen molar-refractivity contribution in [2.45, 2.75) is 32.6 Å². The minimum atomic E-state index is 0.679. The Kier molecular flexibility index (Phi) is 3.72. The molecule has 2 rings (SSSR count). The van der Waals surface area contributed by atoms with E-state index >= 15 is 0 Å². The summed E-state index contributed by atoms with van der Waals surface area (Å²) in [4.78, 5) is 0. The van der Waals surface area contributed by atoms with Crippen molar-refractivity contribution < 1.29 is 4.74 Å². The molecule has 0 amide bonds. The van der Waals surface area contributed by atoms with Gasteiger partial charge in [-0.05, 0) is 69.3 Å². The molecule has 0 aliphatic heterocycles. The number of hydrogen-bond acceptors (Lipinski definition) is 2. The highest BCUT2D eigenvalue weighted by Crippen LogP contribution is 2.46. The largest absolute Gasteiger partial charge is 0.496 e. The minimum Gasteiger partial charge on any atom is -0.496 e. The highest BCUT2D eigenvalue weighted by atomic mass is 16.5. The van der Waals surface area contributed by atoms with Crippen LogP contribution in [0, 0.1) is 19.8 Å². The van der Waals surface area contributed by atoms with Gasteiger partial charge < -0.3 is 10.1 Å². The maximum atomic E-state index is 5.57. The molecule has 17 heavy (non-hydrogen) atoms. The molecule has 1 fully saturated rings. The van der Waals surface area contributed by atoms with Crippen LogP contribution in [0.15, 0.2) is 12.1 Å². The van der Waals surface area contributed by atoms with Crippen LogP contribution in [0.1, 0.15) is 35.4 Å². The third-order valence-electron chi connectivity index (χ3n) is 3.97. The molecule has 1 aromatic rings.